The van der Waals surface area contributed by atoms with Gasteiger partial charge in [0, 0.05) is 0 Å². The quantitative estimate of drug-likeness (QED) is 0.312. The number of hydrogen-bond acceptors (Lipinski definition) is 5. The minimum Gasteiger partial charge on any atom is -0.624 e. The molecule has 0 spiro atoms. The van der Waals surface area contributed by atoms with E-state index in [1.807, 2.05) is 0 Å². The zero-order valence-electron chi connectivity index (χ0n) is 8.16. The molecule has 2 heterocycles. The molecule has 0 amide bonds. The number of imidazole rings is 1. The van der Waals surface area contributed by atoms with E-state index in [-0.39, 0.29) is 0 Å². The highest BCUT2D eigenvalue weighted by Crippen LogP contribution is 2.13. The highest BCUT2D eigenvalue weighted by Gasteiger charge is 2.06. The molecular formula is C8H10N6O. The maximum Gasteiger partial charge on any atom is 0.170 e. The molecule has 2 rings (SSSR count). The Morgan fingerprint density at radius 1 is 1.53 bits per heavy atom. The zero-order chi connectivity index (χ0) is 10.8. The van der Waals surface area contributed by atoms with E-state index in [2.05, 4.69) is 15.0 Å². The van der Waals surface area contributed by atoms with Crippen LogP contribution in [0.15, 0.2) is 12.7 Å². The van der Waals surface area contributed by atoms with Gasteiger partial charge in [-0.15, -0.1) is 0 Å². The molecular weight excluding hydrogens is 196 g/mol. The summed E-state index contributed by atoms with van der Waals surface area (Å²) in [6.45, 7) is 0.410. The first-order valence-corrected chi connectivity index (χ1v) is 4.33. The van der Waals surface area contributed by atoms with Gasteiger partial charge in [-0.3, -0.25) is 0 Å². The van der Waals surface area contributed by atoms with Crippen molar-refractivity contribution in [2.45, 2.75) is 6.54 Å². The average molecular weight is 206 g/mol. The lowest BCUT2D eigenvalue weighted by Gasteiger charge is -1.99. The molecule has 0 fully saturated rings. The molecule has 7 nitrogen and oxygen atoms in total. The Morgan fingerprint density at radius 2 is 2.33 bits per heavy atom. The first-order valence-electron chi connectivity index (χ1n) is 4.33. The number of aromatic nitrogens is 4. The minimum atomic E-state index is 0.342. The number of anilines is 1. The molecule has 0 bridgehead atoms. The standard InChI is InChI=1S/C8H10N6O/c1-13(15)2-3-14-5-12-6-7(9)10-4-11-8(6)14/h2,4-5H,3H2,1H3,(H2,9,10,11)/b13-2-. The largest absolute Gasteiger partial charge is 0.624 e. The Bertz CT molecular complexity index is 513. The molecule has 2 aromatic heterocycles. The highest BCUT2D eigenvalue weighted by atomic mass is 16.5. The molecule has 15 heavy (non-hydrogen) atoms. The number of fused-ring (bicyclic) bond motifs is 1. The van der Waals surface area contributed by atoms with Crippen molar-refractivity contribution in [2.24, 2.45) is 0 Å². The van der Waals surface area contributed by atoms with Gasteiger partial charge in [-0.2, -0.15) is 0 Å². The molecule has 7 heteroatoms. The van der Waals surface area contributed by atoms with Gasteiger partial charge in [0.1, 0.15) is 25.4 Å². The van der Waals surface area contributed by atoms with Crippen LogP contribution in [0.5, 0.6) is 0 Å². The summed E-state index contributed by atoms with van der Waals surface area (Å²) in [6, 6.07) is 0. The highest BCUT2D eigenvalue weighted by molar-refractivity contribution is 5.81. The first kappa shape index (κ1) is 9.38. The molecule has 0 unspecified atom stereocenters. The molecule has 0 aliphatic rings. The fourth-order valence-corrected chi connectivity index (χ4v) is 1.24. The van der Waals surface area contributed by atoms with Gasteiger partial charge in [-0.25, -0.2) is 19.7 Å². The third-order valence-electron chi connectivity index (χ3n) is 1.96. The van der Waals surface area contributed by atoms with Crippen molar-refractivity contribution in [3.8, 4) is 0 Å². The van der Waals surface area contributed by atoms with Crippen molar-refractivity contribution in [2.75, 3.05) is 12.8 Å². The molecule has 2 N–H and O–H groups in total. The summed E-state index contributed by atoms with van der Waals surface area (Å²) in [4.78, 5) is 11.9. The van der Waals surface area contributed by atoms with E-state index >= 15 is 0 Å². The van der Waals surface area contributed by atoms with Crippen molar-refractivity contribution in [1.82, 2.24) is 19.5 Å². The Hall–Kier alpha value is -2.18. The van der Waals surface area contributed by atoms with Gasteiger partial charge >= 0.3 is 0 Å². The second-order valence-electron chi connectivity index (χ2n) is 3.06. The molecule has 0 atom stereocenters. The third kappa shape index (κ3) is 1.71. The predicted molar refractivity (Wildman–Crippen MR) is 55.4 cm³/mol. The Morgan fingerprint density at radius 3 is 3.07 bits per heavy atom. The van der Waals surface area contributed by atoms with Gasteiger partial charge < -0.3 is 15.5 Å². The number of nitrogen functional groups attached to an aromatic ring is 1. The minimum absolute atomic E-state index is 0.342. The summed E-state index contributed by atoms with van der Waals surface area (Å²) in [5.74, 6) is 0.342. The summed E-state index contributed by atoms with van der Waals surface area (Å²) < 4.78 is 2.46. The number of hydroxylamine groups is 1. The maximum atomic E-state index is 10.7. The van der Waals surface area contributed by atoms with Crippen LogP contribution in [0, 0.1) is 5.21 Å². The van der Waals surface area contributed by atoms with Crippen molar-refractivity contribution in [3.63, 3.8) is 0 Å². The third-order valence-corrected chi connectivity index (χ3v) is 1.96. The molecule has 2 aromatic rings. The van der Waals surface area contributed by atoms with E-state index in [1.165, 1.54) is 19.6 Å². The molecule has 0 saturated carbocycles. The van der Waals surface area contributed by atoms with Gasteiger partial charge in [-0.05, 0) is 0 Å². The second-order valence-corrected chi connectivity index (χ2v) is 3.06. The van der Waals surface area contributed by atoms with Gasteiger partial charge in [0.2, 0.25) is 0 Å². The lowest BCUT2D eigenvalue weighted by Crippen LogP contribution is -2.05. The normalized spacial score (nSPS) is 12.2. The van der Waals surface area contributed by atoms with Gasteiger partial charge in [0.25, 0.3) is 0 Å². The smallest absolute Gasteiger partial charge is 0.170 e. The topological polar surface area (TPSA) is 95.7 Å². The van der Waals surface area contributed by atoms with E-state index in [1.54, 1.807) is 10.9 Å². The SMILES string of the molecule is C/[N+]([O-])=C/Cn1cnc2c(N)ncnc21. The van der Waals surface area contributed by atoms with Crippen molar-refractivity contribution < 1.29 is 4.74 Å². The summed E-state index contributed by atoms with van der Waals surface area (Å²) in [5, 5.41) is 10.7. The van der Waals surface area contributed by atoms with E-state index in [0.717, 1.165) is 4.74 Å². The average Bonchev–Trinajstić information content (AvgIpc) is 2.59. The maximum absolute atomic E-state index is 10.7. The van der Waals surface area contributed by atoms with E-state index in [4.69, 9.17) is 5.73 Å². The van der Waals surface area contributed by atoms with Crippen molar-refractivity contribution in [1.29, 1.82) is 0 Å². The summed E-state index contributed by atoms with van der Waals surface area (Å²) >= 11 is 0. The first-order chi connectivity index (χ1) is 7.18. The molecule has 0 aromatic carbocycles. The Balaban J connectivity index is 2.45. The van der Waals surface area contributed by atoms with Crippen LogP contribution in [0.25, 0.3) is 11.2 Å². The van der Waals surface area contributed by atoms with Crippen LogP contribution in [0.4, 0.5) is 5.82 Å². The van der Waals surface area contributed by atoms with Crippen LogP contribution >= 0.6 is 0 Å². The molecule has 0 aliphatic carbocycles. The van der Waals surface area contributed by atoms with Crippen LogP contribution in [-0.4, -0.2) is 37.5 Å². The lowest BCUT2D eigenvalue weighted by atomic mass is 10.5. The second kappa shape index (κ2) is 3.52. The Kier molecular flexibility index (Phi) is 2.20. The summed E-state index contributed by atoms with van der Waals surface area (Å²) in [6.07, 6.45) is 4.42. The van der Waals surface area contributed by atoms with Crippen LogP contribution < -0.4 is 5.73 Å². The van der Waals surface area contributed by atoms with Crippen LogP contribution in [0.2, 0.25) is 0 Å². The molecule has 78 valence electrons. The van der Waals surface area contributed by atoms with Gasteiger partial charge in [0.05, 0.1) is 6.33 Å². The molecule has 0 aliphatic heterocycles. The number of rotatable bonds is 2. The number of nitrogens with zero attached hydrogens (tertiary/aromatic N) is 5. The summed E-state index contributed by atoms with van der Waals surface area (Å²) in [7, 11) is 1.42. The Labute approximate surface area is 85.5 Å². The van der Waals surface area contributed by atoms with Crippen molar-refractivity contribution >= 4 is 23.2 Å². The van der Waals surface area contributed by atoms with Crippen LogP contribution in [0.1, 0.15) is 0 Å². The monoisotopic (exact) mass is 206 g/mol. The predicted octanol–water partition coefficient (Wildman–Crippen LogP) is -0.381. The lowest BCUT2D eigenvalue weighted by molar-refractivity contribution is -0.418. The number of nitrogens with two attached hydrogens (primary N) is 1. The summed E-state index contributed by atoms with van der Waals surface area (Å²) in [5.41, 5.74) is 6.80. The van der Waals surface area contributed by atoms with E-state index < -0.39 is 0 Å². The zero-order valence-corrected chi connectivity index (χ0v) is 8.16. The van der Waals surface area contributed by atoms with Crippen LogP contribution in [0.3, 0.4) is 0 Å². The van der Waals surface area contributed by atoms with Crippen molar-refractivity contribution in [3.05, 3.63) is 17.9 Å². The fraction of sp³-hybridized carbons (Fsp3) is 0.250. The molecule has 0 radical (unpaired) electrons. The van der Waals surface area contributed by atoms with Crippen LogP contribution in [-0.2, 0) is 6.54 Å². The molecule has 0 saturated heterocycles. The van der Waals surface area contributed by atoms with E-state index in [0.29, 0.717) is 23.5 Å². The van der Waals surface area contributed by atoms with E-state index in [9.17, 15) is 5.21 Å². The van der Waals surface area contributed by atoms with Gasteiger partial charge in [-0.1, -0.05) is 0 Å². The van der Waals surface area contributed by atoms with Gasteiger partial charge in [0.15, 0.2) is 17.7 Å². The fourth-order valence-electron chi connectivity index (χ4n) is 1.24. The number of hydrogen-bond donors (Lipinski definition) is 1.